The van der Waals surface area contributed by atoms with Crippen molar-refractivity contribution in [3.8, 4) is 5.75 Å². The number of aliphatic hydroxyl groups is 1. The molecule has 1 aliphatic rings. The number of esters is 1. The van der Waals surface area contributed by atoms with E-state index in [1.807, 2.05) is 12.2 Å². The fourth-order valence-electron chi connectivity index (χ4n) is 3.60. The molecular formula is C22H28Cl2O6. The van der Waals surface area contributed by atoms with E-state index in [0.29, 0.717) is 36.5 Å². The molecule has 0 amide bonds. The van der Waals surface area contributed by atoms with Gasteiger partial charge in [0.05, 0.1) is 12.7 Å². The van der Waals surface area contributed by atoms with E-state index in [-0.39, 0.29) is 42.8 Å². The first-order valence-electron chi connectivity index (χ1n) is 10.0. The van der Waals surface area contributed by atoms with Crippen molar-refractivity contribution in [2.75, 3.05) is 6.61 Å². The molecule has 0 heterocycles. The van der Waals surface area contributed by atoms with Crippen molar-refractivity contribution in [3.05, 3.63) is 40.9 Å². The van der Waals surface area contributed by atoms with E-state index in [1.54, 1.807) is 18.2 Å². The predicted octanol–water partition coefficient (Wildman–Crippen LogP) is 4.59. The minimum atomic E-state index is -0.794. The second kappa shape index (κ2) is 12.2. The molecule has 0 aliphatic heterocycles. The monoisotopic (exact) mass is 458 g/mol. The Labute approximate surface area is 186 Å². The Morgan fingerprint density at radius 2 is 2.00 bits per heavy atom. The maximum absolute atomic E-state index is 11.0. The summed E-state index contributed by atoms with van der Waals surface area (Å²) in [6.45, 7) is 1.74. The van der Waals surface area contributed by atoms with Gasteiger partial charge in [-0.1, -0.05) is 23.8 Å². The zero-order chi connectivity index (χ0) is 22.1. The Hall–Kier alpha value is -1.76. The zero-order valence-electron chi connectivity index (χ0n) is 16.9. The molecular weight excluding hydrogens is 431 g/mol. The molecule has 1 fully saturated rings. The fourth-order valence-corrected chi connectivity index (χ4v) is 4.32. The van der Waals surface area contributed by atoms with Crippen LogP contribution in [-0.4, -0.2) is 40.2 Å². The molecule has 1 aliphatic carbocycles. The summed E-state index contributed by atoms with van der Waals surface area (Å²) in [4.78, 5) is 21.6. The van der Waals surface area contributed by atoms with Crippen LogP contribution in [0.1, 0.15) is 44.6 Å². The van der Waals surface area contributed by atoms with E-state index in [1.165, 1.54) is 6.92 Å². The number of carboxylic acids is 1. The van der Waals surface area contributed by atoms with E-state index in [4.69, 9.17) is 37.8 Å². The molecule has 4 atom stereocenters. The first-order chi connectivity index (χ1) is 14.3. The predicted molar refractivity (Wildman–Crippen MR) is 115 cm³/mol. The molecule has 2 N–H and O–H groups in total. The third kappa shape index (κ3) is 8.17. The standard InChI is InChI=1S/C22H28Cl2O6/c1-14(25)29-12-15-8-16(23)10-17(9-15)30-13-19-18(20(24)11-21(19)26)6-4-2-3-5-7-22(27)28/h2,4,8-10,18-21,26H,3,5-7,11-13H2,1H3,(H,27,28)/t18-,19?,20-,21?/m1/s1. The van der Waals surface area contributed by atoms with Gasteiger partial charge < -0.3 is 19.7 Å². The highest BCUT2D eigenvalue weighted by Gasteiger charge is 2.41. The summed E-state index contributed by atoms with van der Waals surface area (Å²) in [5, 5.41) is 19.4. The van der Waals surface area contributed by atoms with Gasteiger partial charge in [0.1, 0.15) is 12.4 Å². The first-order valence-corrected chi connectivity index (χ1v) is 10.8. The lowest BCUT2D eigenvalue weighted by atomic mass is 9.92. The number of aliphatic hydroxyl groups excluding tert-OH is 1. The second-order valence-corrected chi connectivity index (χ2v) is 8.52. The van der Waals surface area contributed by atoms with Crippen molar-refractivity contribution in [2.24, 2.45) is 11.8 Å². The lowest BCUT2D eigenvalue weighted by Gasteiger charge is -2.23. The molecule has 0 spiro atoms. The minimum Gasteiger partial charge on any atom is -0.493 e. The normalized spacial score (nSPS) is 23.6. The molecule has 30 heavy (non-hydrogen) atoms. The van der Waals surface area contributed by atoms with Crippen LogP contribution in [0, 0.1) is 11.8 Å². The molecule has 0 bridgehead atoms. The van der Waals surface area contributed by atoms with Gasteiger partial charge in [-0.25, -0.2) is 0 Å². The summed E-state index contributed by atoms with van der Waals surface area (Å²) in [5.41, 5.74) is 0.718. The van der Waals surface area contributed by atoms with Gasteiger partial charge in [-0.3, -0.25) is 9.59 Å². The maximum Gasteiger partial charge on any atom is 0.303 e. The van der Waals surface area contributed by atoms with Crippen LogP contribution in [0.2, 0.25) is 5.02 Å². The topological polar surface area (TPSA) is 93.1 Å². The van der Waals surface area contributed by atoms with Gasteiger partial charge in [0.15, 0.2) is 0 Å². The van der Waals surface area contributed by atoms with Crippen molar-refractivity contribution in [2.45, 2.75) is 57.1 Å². The van der Waals surface area contributed by atoms with Gasteiger partial charge in [-0.2, -0.15) is 0 Å². The van der Waals surface area contributed by atoms with Crippen LogP contribution in [0.4, 0.5) is 0 Å². The molecule has 2 unspecified atom stereocenters. The van der Waals surface area contributed by atoms with Crippen molar-refractivity contribution < 1.29 is 29.3 Å². The Morgan fingerprint density at radius 1 is 1.23 bits per heavy atom. The SMILES string of the molecule is CC(=O)OCc1cc(Cl)cc(OCC2C(O)C[C@@H](Cl)[C@@H]2CC=CCCCC(=O)O)c1. The fraction of sp³-hybridized carbons (Fsp3) is 0.545. The van der Waals surface area contributed by atoms with Gasteiger partial charge in [0.25, 0.3) is 0 Å². The van der Waals surface area contributed by atoms with Crippen molar-refractivity contribution in [1.82, 2.24) is 0 Å². The van der Waals surface area contributed by atoms with E-state index in [2.05, 4.69) is 0 Å². The van der Waals surface area contributed by atoms with E-state index >= 15 is 0 Å². The second-order valence-electron chi connectivity index (χ2n) is 7.53. The molecule has 0 saturated heterocycles. The quantitative estimate of drug-likeness (QED) is 0.218. The van der Waals surface area contributed by atoms with Gasteiger partial charge in [0.2, 0.25) is 0 Å². The number of unbranched alkanes of at least 4 members (excludes halogenated alkanes) is 1. The van der Waals surface area contributed by atoms with Crippen LogP contribution in [0.15, 0.2) is 30.4 Å². The van der Waals surface area contributed by atoms with Crippen LogP contribution in [0.5, 0.6) is 5.75 Å². The molecule has 6 nitrogen and oxygen atoms in total. The lowest BCUT2D eigenvalue weighted by Crippen LogP contribution is -2.27. The summed E-state index contributed by atoms with van der Waals surface area (Å²) in [5.74, 6) is -0.710. The summed E-state index contributed by atoms with van der Waals surface area (Å²) in [6, 6.07) is 5.13. The maximum atomic E-state index is 11.0. The van der Waals surface area contributed by atoms with Gasteiger partial charge in [-0.15, -0.1) is 11.6 Å². The average molecular weight is 459 g/mol. The third-order valence-corrected chi connectivity index (χ3v) is 5.85. The number of allylic oxidation sites excluding steroid dienone is 2. The van der Waals surface area contributed by atoms with Gasteiger partial charge in [0, 0.05) is 29.7 Å². The van der Waals surface area contributed by atoms with Crippen molar-refractivity contribution in [1.29, 1.82) is 0 Å². The number of carbonyl (C=O) groups is 2. The Balaban J connectivity index is 1.92. The van der Waals surface area contributed by atoms with E-state index in [9.17, 15) is 14.7 Å². The van der Waals surface area contributed by atoms with Gasteiger partial charge >= 0.3 is 11.9 Å². The van der Waals surface area contributed by atoms with Crippen molar-refractivity contribution in [3.63, 3.8) is 0 Å². The molecule has 1 aromatic rings. The molecule has 166 valence electrons. The van der Waals surface area contributed by atoms with Crippen LogP contribution < -0.4 is 4.74 Å². The number of hydrogen-bond donors (Lipinski definition) is 2. The molecule has 2 rings (SSSR count). The molecule has 1 aromatic carbocycles. The molecule has 8 heteroatoms. The molecule has 0 radical (unpaired) electrons. The number of ether oxygens (including phenoxy) is 2. The van der Waals surface area contributed by atoms with Crippen LogP contribution >= 0.6 is 23.2 Å². The number of aliphatic carboxylic acids is 1. The number of carbonyl (C=O) groups excluding carboxylic acids is 1. The Bertz CT molecular complexity index is 751. The third-order valence-electron chi connectivity index (χ3n) is 5.13. The number of halogens is 2. The Kier molecular flexibility index (Phi) is 9.95. The highest BCUT2D eigenvalue weighted by molar-refractivity contribution is 6.30. The summed E-state index contributed by atoms with van der Waals surface area (Å²) in [6.07, 6.45) is 6.05. The van der Waals surface area contributed by atoms with Crippen LogP contribution in [0.3, 0.4) is 0 Å². The minimum absolute atomic E-state index is 0.0529. The first kappa shape index (κ1) is 24.5. The van der Waals surface area contributed by atoms with Crippen LogP contribution in [-0.2, 0) is 20.9 Å². The largest absolute Gasteiger partial charge is 0.493 e. The number of rotatable bonds is 11. The summed E-state index contributed by atoms with van der Waals surface area (Å²) >= 11 is 12.6. The highest BCUT2D eigenvalue weighted by atomic mass is 35.5. The lowest BCUT2D eigenvalue weighted by molar-refractivity contribution is -0.142. The average Bonchev–Trinajstić information content (AvgIpc) is 2.93. The number of alkyl halides is 1. The molecule has 0 aromatic heterocycles. The summed E-state index contributed by atoms with van der Waals surface area (Å²) < 4.78 is 10.9. The van der Waals surface area contributed by atoms with E-state index < -0.39 is 12.1 Å². The van der Waals surface area contributed by atoms with Crippen LogP contribution in [0.25, 0.3) is 0 Å². The zero-order valence-corrected chi connectivity index (χ0v) is 18.4. The smallest absolute Gasteiger partial charge is 0.303 e. The van der Waals surface area contributed by atoms with Gasteiger partial charge in [-0.05, 0) is 55.4 Å². The number of benzene rings is 1. The Morgan fingerprint density at radius 3 is 2.70 bits per heavy atom. The number of hydrogen-bond acceptors (Lipinski definition) is 5. The van der Waals surface area contributed by atoms with Crippen molar-refractivity contribution >= 4 is 35.1 Å². The summed E-state index contributed by atoms with van der Waals surface area (Å²) in [7, 11) is 0. The van der Waals surface area contributed by atoms with E-state index in [0.717, 1.165) is 5.56 Å². The highest BCUT2D eigenvalue weighted by Crippen LogP contribution is 2.39. The molecule has 1 saturated carbocycles. The number of carboxylic acid groups (broad SMARTS) is 1.